The van der Waals surface area contributed by atoms with Crippen LogP contribution in [0.25, 0.3) is 0 Å². The lowest BCUT2D eigenvalue weighted by molar-refractivity contribution is 0.0983. The van der Waals surface area contributed by atoms with Crippen LogP contribution >= 0.6 is 12.2 Å². The van der Waals surface area contributed by atoms with Crippen molar-refractivity contribution in [3.8, 4) is 0 Å². The summed E-state index contributed by atoms with van der Waals surface area (Å²) in [5, 5.41) is 3.41. The van der Waals surface area contributed by atoms with E-state index < -0.39 is 0 Å². The Bertz CT molecular complexity index is 498. The first kappa shape index (κ1) is 15.5. The van der Waals surface area contributed by atoms with Gasteiger partial charge in [0, 0.05) is 19.1 Å². The average Bonchev–Trinajstić information content (AvgIpc) is 2.49. The minimum absolute atomic E-state index is 0.224. The van der Waals surface area contributed by atoms with Crippen LogP contribution in [0.15, 0.2) is 18.3 Å². The molecular formula is C14H20N4O2S. The molecule has 1 amide bonds. The SMILES string of the molecule is CCOC(=O)N1CCC(Nc2ccc(C(N)=S)nc2)CC1. The highest BCUT2D eigenvalue weighted by molar-refractivity contribution is 7.80. The fourth-order valence-corrected chi connectivity index (χ4v) is 2.40. The summed E-state index contributed by atoms with van der Waals surface area (Å²) >= 11 is 4.87. The molecule has 114 valence electrons. The van der Waals surface area contributed by atoms with Crippen LogP contribution in [0.2, 0.25) is 0 Å². The molecule has 0 aromatic carbocycles. The van der Waals surface area contributed by atoms with Crippen LogP contribution in [0.1, 0.15) is 25.5 Å². The Morgan fingerprint density at radius 3 is 2.76 bits per heavy atom. The van der Waals surface area contributed by atoms with Gasteiger partial charge in [-0.15, -0.1) is 0 Å². The van der Waals surface area contributed by atoms with Gasteiger partial charge in [0.15, 0.2) is 0 Å². The van der Waals surface area contributed by atoms with Gasteiger partial charge in [-0.3, -0.25) is 4.98 Å². The molecule has 3 N–H and O–H groups in total. The molecule has 2 heterocycles. The third kappa shape index (κ3) is 4.29. The van der Waals surface area contributed by atoms with Crippen molar-refractivity contribution in [2.75, 3.05) is 25.0 Å². The van der Waals surface area contributed by atoms with E-state index in [1.165, 1.54) is 0 Å². The predicted molar refractivity (Wildman–Crippen MR) is 85.4 cm³/mol. The number of thiocarbonyl (C=S) groups is 1. The topological polar surface area (TPSA) is 80.5 Å². The van der Waals surface area contributed by atoms with Crippen molar-refractivity contribution in [1.82, 2.24) is 9.88 Å². The monoisotopic (exact) mass is 308 g/mol. The maximum absolute atomic E-state index is 11.6. The van der Waals surface area contributed by atoms with Crippen molar-refractivity contribution in [2.45, 2.75) is 25.8 Å². The van der Waals surface area contributed by atoms with Crippen LogP contribution in [-0.4, -0.2) is 46.7 Å². The quantitative estimate of drug-likeness (QED) is 0.825. The predicted octanol–water partition coefficient (Wildman–Crippen LogP) is 1.75. The number of carbonyl (C=O) groups excluding carboxylic acids is 1. The lowest BCUT2D eigenvalue weighted by Crippen LogP contribution is -2.42. The fourth-order valence-electron chi connectivity index (χ4n) is 2.28. The van der Waals surface area contributed by atoms with E-state index in [-0.39, 0.29) is 6.09 Å². The Hall–Kier alpha value is -1.89. The zero-order valence-electron chi connectivity index (χ0n) is 12.0. The molecule has 0 unspecified atom stereocenters. The number of hydrogen-bond acceptors (Lipinski definition) is 5. The molecule has 0 atom stereocenters. The van der Waals surface area contributed by atoms with E-state index in [1.54, 1.807) is 17.2 Å². The summed E-state index contributed by atoms with van der Waals surface area (Å²) in [5.41, 5.74) is 7.07. The van der Waals surface area contributed by atoms with Gasteiger partial charge in [-0.25, -0.2) is 4.79 Å². The zero-order chi connectivity index (χ0) is 15.2. The fraction of sp³-hybridized carbons (Fsp3) is 0.500. The molecular weight excluding hydrogens is 288 g/mol. The van der Waals surface area contributed by atoms with Crippen LogP contribution in [0.4, 0.5) is 10.5 Å². The van der Waals surface area contributed by atoms with E-state index in [4.69, 9.17) is 22.7 Å². The van der Waals surface area contributed by atoms with Crippen molar-refractivity contribution < 1.29 is 9.53 Å². The van der Waals surface area contributed by atoms with E-state index >= 15 is 0 Å². The lowest BCUT2D eigenvalue weighted by Gasteiger charge is -2.32. The van der Waals surface area contributed by atoms with Crippen molar-refractivity contribution >= 4 is 29.0 Å². The summed E-state index contributed by atoms with van der Waals surface area (Å²) in [4.78, 5) is 17.9. The molecule has 1 aromatic rings. The summed E-state index contributed by atoms with van der Waals surface area (Å²) < 4.78 is 5.00. The van der Waals surface area contributed by atoms with E-state index in [1.807, 2.05) is 13.0 Å². The molecule has 21 heavy (non-hydrogen) atoms. The molecule has 7 heteroatoms. The van der Waals surface area contributed by atoms with Crippen LogP contribution in [0, 0.1) is 0 Å². The number of likely N-dealkylation sites (tertiary alicyclic amines) is 1. The number of ether oxygens (including phenoxy) is 1. The van der Waals surface area contributed by atoms with Gasteiger partial charge in [0.1, 0.15) is 4.99 Å². The third-order valence-electron chi connectivity index (χ3n) is 3.41. The van der Waals surface area contributed by atoms with Crippen molar-refractivity contribution in [1.29, 1.82) is 0 Å². The summed E-state index contributed by atoms with van der Waals surface area (Å²) in [6.45, 7) is 3.64. The number of hydrogen-bond donors (Lipinski definition) is 2. The van der Waals surface area contributed by atoms with Gasteiger partial charge in [0.2, 0.25) is 0 Å². The third-order valence-corrected chi connectivity index (χ3v) is 3.62. The number of anilines is 1. The highest BCUT2D eigenvalue weighted by Crippen LogP contribution is 2.17. The van der Waals surface area contributed by atoms with Crippen LogP contribution < -0.4 is 11.1 Å². The summed E-state index contributed by atoms with van der Waals surface area (Å²) in [5.74, 6) is 0. The minimum Gasteiger partial charge on any atom is -0.450 e. The largest absolute Gasteiger partial charge is 0.450 e. The number of rotatable bonds is 4. The molecule has 1 saturated heterocycles. The Kier molecular flexibility index (Phi) is 5.32. The number of aromatic nitrogens is 1. The number of nitrogens with one attached hydrogen (secondary N) is 1. The normalized spacial score (nSPS) is 15.6. The molecule has 0 radical (unpaired) electrons. The van der Waals surface area contributed by atoms with Crippen LogP contribution in [0.5, 0.6) is 0 Å². The Labute approximate surface area is 129 Å². The molecule has 1 aliphatic heterocycles. The van der Waals surface area contributed by atoms with Crippen LogP contribution in [-0.2, 0) is 4.74 Å². The van der Waals surface area contributed by atoms with Gasteiger partial charge in [0.05, 0.1) is 24.2 Å². The maximum Gasteiger partial charge on any atom is 0.409 e. The first-order valence-electron chi connectivity index (χ1n) is 7.04. The van der Waals surface area contributed by atoms with E-state index in [0.29, 0.717) is 36.4 Å². The summed E-state index contributed by atoms with van der Waals surface area (Å²) in [6.07, 6.45) is 3.27. The summed E-state index contributed by atoms with van der Waals surface area (Å²) in [6, 6.07) is 4.05. The van der Waals surface area contributed by atoms with Gasteiger partial charge in [-0.05, 0) is 31.9 Å². The molecule has 1 aromatic heterocycles. The lowest BCUT2D eigenvalue weighted by atomic mass is 10.1. The van der Waals surface area contributed by atoms with Gasteiger partial charge in [-0.2, -0.15) is 0 Å². The number of nitrogens with two attached hydrogens (primary N) is 1. The van der Waals surface area contributed by atoms with Gasteiger partial charge < -0.3 is 20.7 Å². The Morgan fingerprint density at radius 2 is 2.24 bits per heavy atom. The molecule has 0 bridgehead atoms. The molecule has 6 nitrogen and oxygen atoms in total. The molecule has 0 saturated carbocycles. The smallest absolute Gasteiger partial charge is 0.409 e. The second-order valence-corrected chi connectivity index (χ2v) is 5.34. The Balaban J connectivity index is 1.83. The number of pyridine rings is 1. The first-order valence-corrected chi connectivity index (χ1v) is 7.45. The number of amides is 1. The summed E-state index contributed by atoms with van der Waals surface area (Å²) in [7, 11) is 0. The molecule has 2 rings (SSSR count). The van der Waals surface area contributed by atoms with Gasteiger partial charge in [-0.1, -0.05) is 12.2 Å². The number of piperidine rings is 1. The van der Waals surface area contributed by atoms with Gasteiger partial charge in [0.25, 0.3) is 0 Å². The minimum atomic E-state index is -0.224. The highest BCUT2D eigenvalue weighted by Gasteiger charge is 2.23. The van der Waals surface area contributed by atoms with E-state index in [0.717, 1.165) is 18.5 Å². The van der Waals surface area contributed by atoms with Crippen molar-refractivity contribution in [2.24, 2.45) is 5.73 Å². The molecule has 1 aliphatic rings. The Morgan fingerprint density at radius 1 is 1.52 bits per heavy atom. The number of carbonyl (C=O) groups is 1. The highest BCUT2D eigenvalue weighted by atomic mass is 32.1. The number of nitrogens with zero attached hydrogens (tertiary/aromatic N) is 2. The maximum atomic E-state index is 11.6. The second-order valence-electron chi connectivity index (χ2n) is 4.90. The van der Waals surface area contributed by atoms with Crippen molar-refractivity contribution in [3.63, 3.8) is 0 Å². The standard InChI is InChI=1S/C14H20N4O2S/c1-2-20-14(19)18-7-5-10(6-8-18)17-11-3-4-12(13(15)21)16-9-11/h3-4,9-10,17H,2,5-8H2,1H3,(H2,15,21). The van der Waals surface area contributed by atoms with Gasteiger partial charge >= 0.3 is 6.09 Å². The average molecular weight is 308 g/mol. The van der Waals surface area contributed by atoms with E-state index in [9.17, 15) is 4.79 Å². The molecule has 1 fully saturated rings. The zero-order valence-corrected chi connectivity index (χ0v) is 12.9. The molecule has 0 spiro atoms. The second kappa shape index (κ2) is 7.21. The van der Waals surface area contributed by atoms with E-state index in [2.05, 4.69) is 10.3 Å². The first-order chi connectivity index (χ1) is 10.1. The van der Waals surface area contributed by atoms with Crippen molar-refractivity contribution in [3.05, 3.63) is 24.0 Å². The molecule has 0 aliphatic carbocycles. The van der Waals surface area contributed by atoms with Crippen LogP contribution in [0.3, 0.4) is 0 Å².